The van der Waals surface area contributed by atoms with Crippen LogP contribution >= 0.6 is 0 Å². The molecule has 16 heavy (non-hydrogen) atoms. The van der Waals surface area contributed by atoms with Crippen LogP contribution in [0.4, 0.5) is 4.39 Å². The van der Waals surface area contributed by atoms with Crippen LogP contribution in [0.3, 0.4) is 0 Å². The van der Waals surface area contributed by atoms with Gasteiger partial charge in [0.05, 0.1) is 0 Å². The Kier molecular flexibility index (Phi) is 3.29. The molecule has 88 valence electrons. The van der Waals surface area contributed by atoms with E-state index in [9.17, 15) is 4.39 Å². The van der Waals surface area contributed by atoms with Gasteiger partial charge in [-0.15, -0.1) is 0 Å². The highest BCUT2D eigenvalue weighted by Gasteiger charge is 2.36. The first kappa shape index (κ1) is 11.6. The summed E-state index contributed by atoms with van der Waals surface area (Å²) in [5, 5.41) is 3.58. The van der Waals surface area contributed by atoms with Gasteiger partial charge in [0.25, 0.3) is 0 Å². The molecule has 1 aromatic carbocycles. The SMILES string of the molecule is CC(C)C1(Cc2ccccc2F)CCCN1. The van der Waals surface area contributed by atoms with E-state index in [1.54, 1.807) is 12.1 Å². The lowest BCUT2D eigenvalue weighted by Gasteiger charge is -2.34. The second-order valence-electron chi connectivity index (χ2n) is 5.11. The Morgan fingerprint density at radius 3 is 2.69 bits per heavy atom. The molecular formula is C14H20FN. The van der Waals surface area contributed by atoms with Crippen LogP contribution in [0.25, 0.3) is 0 Å². The zero-order valence-corrected chi connectivity index (χ0v) is 10.1. The van der Waals surface area contributed by atoms with Gasteiger partial charge in [0.1, 0.15) is 5.82 Å². The Morgan fingerprint density at radius 2 is 2.12 bits per heavy atom. The first-order chi connectivity index (χ1) is 7.64. The summed E-state index contributed by atoms with van der Waals surface area (Å²) >= 11 is 0. The van der Waals surface area contributed by atoms with Crippen LogP contribution in [-0.2, 0) is 6.42 Å². The number of hydrogen-bond acceptors (Lipinski definition) is 1. The quantitative estimate of drug-likeness (QED) is 0.826. The van der Waals surface area contributed by atoms with Crippen molar-refractivity contribution in [1.29, 1.82) is 0 Å². The molecule has 0 aliphatic carbocycles. The first-order valence-corrected chi connectivity index (χ1v) is 6.12. The summed E-state index contributed by atoms with van der Waals surface area (Å²) in [5.41, 5.74) is 0.938. The Morgan fingerprint density at radius 1 is 1.38 bits per heavy atom. The van der Waals surface area contributed by atoms with E-state index < -0.39 is 0 Å². The highest BCUT2D eigenvalue weighted by molar-refractivity contribution is 5.21. The number of hydrogen-bond donors (Lipinski definition) is 1. The van der Waals surface area contributed by atoms with Crippen molar-refractivity contribution in [1.82, 2.24) is 5.32 Å². The van der Waals surface area contributed by atoms with E-state index in [1.807, 2.05) is 12.1 Å². The predicted octanol–water partition coefficient (Wildman–Crippen LogP) is 3.15. The van der Waals surface area contributed by atoms with Crippen LogP contribution in [0.15, 0.2) is 24.3 Å². The molecule has 0 radical (unpaired) electrons. The van der Waals surface area contributed by atoms with Gasteiger partial charge in [-0.3, -0.25) is 0 Å². The Bertz CT molecular complexity index is 354. The van der Waals surface area contributed by atoms with E-state index in [4.69, 9.17) is 0 Å². The van der Waals surface area contributed by atoms with Gasteiger partial charge in [-0.05, 0) is 43.4 Å². The van der Waals surface area contributed by atoms with E-state index in [0.29, 0.717) is 5.92 Å². The summed E-state index contributed by atoms with van der Waals surface area (Å²) in [6, 6.07) is 7.13. The molecule has 1 aliphatic rings. The fraction of sp³-hybridized carbons (Fsp3) is 0.571. The van der Waals surface area contributed by atoms with Crippen LogP contribution in [0.5, 0.6) is 0 Å². The summed E-state index contributed by atoms with van der Waals surface area (Å²) in [6.45, 7) is 5.50. The molecule has 0 spiro atoms. The van der Waals surface area contributed by atoms with Crippen LogP contribution in [-0.4, -0.2) is 12.1 Å². The first-order valence-electron chi connectivity index (χ1n) is 6.12. The van der Waals surface area contributed by atoms with Gasteiger partial charge in [0.2, 0.25) is 0 Å². The molecule has 0 bridgehead atoms. The summed E-state index contributed by atoms with van der Waals surface area (Å²) in [6.07, 6.45) is 3.16. The van der Waals surface area contributed by atoms with Crippen LogP contribution in [0, 0.1) is 11.7 Å². The minimum Gasteiger partial charge on any atom is -0.311 e. The number of rotatable bonds is 3. The minimum absolute atomic E-state index is 0.0729. The summed E-state index contributed by atoms with van der Waals surface area (Å²) in [7, 11) is 0. The lowest BCUT2D eigenvalue weighted by molar-refractivity contribution is 0.266. The van der Waals surface area contributed by atoms with Crippen LogP contribution in [0.1, 0.15) is 32.3 Å². The number of benzene rings is 1. The van der Waals surface area contributed by atoms with E-state index >= 15 is 0 Å². The zero-order valence-electron chi connectivity index (χ0n) is 10.1. The molecule has 1 aliphatic heterocycles. The predicted molar refractivity (Wildman–Crippen MR) is 64.9 cm³/mol. The molecule has 1 aromatic rings. The summed E-state index contributed by atoms with van der Waals surface area (Å²) < 4.78 is 13.6. The third-order valence-corrected chi connectivity index (χ3v) is 3.85. The summed E-state index contributed by atoms with van der Waals surface area (Å²) in [5.74, 6) is 0.464. The van der Waals surface area contributed by atoms with Gasteiger partial charge in [-0.25, -0.2) is 4.39 Å². The monoisotopic (exact) mass is 221 g/mol. The van der Waals surface area contributed by atoms with Gasteiger partial charge >= 0.3 is 0 Å². The molecule has 1 unspecified atom stereocenters. The third kappa shape index (κ3) is 2.12. The lowest BCUT2D eigenvalue weighted by atomic mass is 9.79. The minimum atomic E-state index is -0.0729. The van der Waals surface area contributed by atoms with Crippen LogP contribution < -0.4 is 5.32 Å². The van der Waals surface area contributed by atoms with Crippen molar-refractivity contribution >= 4 is 0 Å². The molecule has 1 atom stereocenters. The number of nitrogens with one attached hydrogen (secondary N) is 1. The maximum absolute atomic E-state index is 13.6. The van der Waals surface area contributed by atoms with Crippen LogP contribution in [0.2, 0.25) is 0 Å². The topological polar surface area (TPSA) is 12.0 Å². The molecule has 2 heteroatoms. The van der Waals surface area contributed by atoms with E-state index in [-0.39, 0.29) is 11.4 Å². The van der Waals surface area contributed by atoms with E-state index in [2.05, 4.69) is 19.2 Å². The average Bonchev–Trinajstić information content (AvgIpc) is 2.71. The van der Waals surface area contributed by atoms with Crippen molar-refractivity contribution in [2.45, 2.75) is 38.6 Å². The lowest BCUT2D eigenvalue weighted by Crippen LogP contribution is -2.46. The van der Waals surface area contributed by atoms with E-state index in [0.717, 1.165) is 24.9 Å². The highest BCUT2D eigenvalue weighted by Crippen LogP contribution is 2.31. The fourth-order valence-electron chi connectivity index (χ4n) is 2.66. The van der Waals surface area contributed by atoms with Crippen molar-refractivity contribution in [3.05, 3.63) is 35.6 Å². The molecule has 1 heterocycles. The van der Waals surface area contributed by atoms with Gasteiger partial charge < -0.3 is 5.32 Å². The highest BCUT2D eigenvalue weighted by atomic mass is 19.1. The standard InChI is InChI=1S/C14H20FN/c1-11(2)14(8-5-9-16-14)10-12-6-3-4-7-13(12)15/h3-4,6-7,11,16H,5,8-10H2,1-2H3. The molecule has 0 amide bonds. The van der Waals surface area contributed by atoms with Gasteiger partial charge in [0.15, 0.2) is 0 Å². The van der Waals surface area contributed by atoms with Crippen molar-refractivity contribution in [3.63, 3.8) is 0 Å². The van der Waals surface area contributed by atoms with Crippen molar-refractivity contribution in [3.8, 4) is 0 Å². The van der Waals surface area contributed by atoms with Crippen molar-refractivity contribution < 1.29 is 4.39 Å². The third-order valence-electron chi connectivity index (χ3n) is 3.85. The Labute approximate surface area is 97.1 Å². The molecular weight excluding hydrogens is 201 g/mol. The molecule has 1 N–H and O–H groups in total. The maximum atomic E-state index is 13.6. The smallest absolute Gasteiger partial charge is 0.126 e. The molecule has 0 saturated carbocycles. The van der Waals surface area contributed by atoms with Crippen molar-refractivity contribution in [2.75, 3.05) is 6.54 Å². The second kappa shape index (κ2) is 4.54. The molecule has 1 fully saturated rings. The van der Waals surface area contributed by atoms with Gasteiger partial charge in [-0.2, -0.15) is 0 Å². The fourth-order valence-corrected chi connectivity index (χ4v) is 2.66. The molecule has 1 nitrogen and oxygen atoms in total. The van der Waals surface area contributed by atoms with Gasteiger partial charge in [-0.1, -0.05) is 32.0 Å². The number of halogens is 1. The zero-order chi connectivity index (χ0) is 11.6. The molecule has 2 rings (SSSR count). The molecule has 1 saturated heterocycles. The molecule has 0 aromatic heterocycles. The normalized spacial score (nSPS) is 25.2. The largest absolute Gasteiger partial charge is 0.311 e. The van der Waals surface area contributed by atoms with Gasteiger partial charge in [0, 0.05) is 5.54 Å². The summed E-state index contributed by atoms with van der Waals surface area (Å²) in [4.78, 5) is 0. The van der Waals surface area contributed by atoms with E-state index in [1.165, 1.54) is 6.42 Å². The average molecular weight is 221 g/mol. The maximum Gasteiger partial charge on any atom is 0.126 e. The van der Waals surface area contributed by atoms with Crippen molar-refractivity contribution in [2.24, 2.45) is 5.92 Å². The second-order valence-corrected chi connectivity index (χ2v) is 5.11. The Balaban J connectivity index is 2.21. The Hall–Kier alpha value is -0.890.